The summed E-state index contributed by atoms with van der Waals surface area (Å²) in [5, 5.41) is 13.4. The van der Waals surface area contributed by atoms with E-state index in [2.05, 4.69) is 5.32 Å². The number of hydrogen-bond donors (Lipinski definition) is 2. The summed E-state index contributed by atoms with van der Waals surface area (Å²) in [5.74, 6) is 1.21. The van der Waals surface area contributed by atoms with Gasteiger partial charge in [-0.15, -0.1) is 0 Å². The van der Waals surface area contributed by atoms with Crippen molar-refractivity contribution < 1.29 is 9.84 Å². The minimum atomic E-state index is 0.0309. The van der Waals surface area contributed by atoms with Crippen LogP contribution in [0.3, 0.4) is 0 Å². The number of hydrogen-bond acceptors (Lipinski definition) is 3. The van der Waals surface area contributed by atoms with Crippen molar-refractivity contribution in [2.75, 3.05) is 12.4 Å². The van der Waals surface area contributed by atoms with Gasteiger partial charge in [0.25, 0.3) is 0 Å². The van der Waals surface area contributed by atoms with Gasteiger partial charge in [0, 0.05) is 11.3 Å². The maximum Gasteiger partial charge on any atom is 0.121 e. The maximum absolute atomic E-state index is 10.0. The highest BCUT2D eigenvalue weighted by molar-refractivity contribution is 5.53. The van der Waals surface area contributed by atoms with E-state index in [4.69, 9.17) is 4.74 Å². The van der Waals surface area contributed by atoms with Gasteiger partial charge in [0.05, 0.1) is 13.2 Å². The summed E-state index contributed by atoms with van der Waals surface area (Å²) in [5.41, 5.74) is 4.04. The summed E-state index contributed by atoms with van der Waals surface area (Å²) in [4.78, 5) is 0. The Morgan fingerprint density at radius 1 is 1.10 bits per heavy atom. The molecule has 1 unspecified atom stereocenters. The Morgan fingerprint density at radius 3 is 2.45 bits per heavy atom. The molecule has 0 heterocycles. The van der Waals surface area contributed by atoms with Crippen LogP contribution in [-0.2, 0) is 0 Å². The molecule has 2 aromatic rings. The number of aromatic hydroxyl groups is 1. The molecule has 0 amide bonds. The van der Waals surface area contributed by atoms with Crippen molar-refractivity contribution in [1.29, 1.82) is 0 Å². The van der Waals surface area contributed by atoms with E-state index < -0.39 is 0 Å². The van der Waals surface area contributed by atoms with Gasteiger partial charge >= 0.3 is 0 Å². The first-order chi connectivity index (χ1) is 9.51. The van der Waals surface area contributed by atoms with Crippen molar-refractivity contribution in [3.63, 3.8) is 0 Å². The third-order valence-electron chi connectivity index (χ3n) is 3.43. The zero-order chi connectivity index (χ0) is 14.7. The fourth-order valence-electron chi connectivity index (χ4n) is 2.32. The molecule has 2 aromatic carbocycles. The molecule has 106 valence electrons. The minimum absolute atomic E-state index is 0.0309. The lowest BCUT2D eigenvalue weighted by Crippen LogP contribution is -2.07. The average molecular weight is 271 g/mol. The molecule has 0 aliphatic carbocycles. The number of benzene rings is 2. The molecule has 20 heavy (non-hydrogen) atoms. The van der Waals surface area contributed by atoms with Crippen LogP contribution >= 0.6 is 0 Å². The van der Waals surface area contributed by atoms with Crippen molar-refractivity contribution >= 4 is 5.69 Å². The number of phenolic OH excluding ortho intramolecular Hbond substituents is 1. The van der Waals surface area contributed by atoms with Gasteiger partial charge in [0.2, 0.25) is 0 Å². The highest BCUT2D eigenvalue weighted by Gasteiger charge is 2.11. The Kier molecular flexibility index (Phi) is 4.18. The van der Waals surface area contributed by atoms with E-state index in [1.165, 1.54) is 0 Å². The fourth-order valence-corrected chi connectivity index (χ4v) is 2.32. The second kappa shape index (κ2) is 5.87. The largest absolute Gasteiger partial charge is 0.508 e. The Hall–Kier alpha value is -2.16. The SMILES string of the molecule is COc1ccc(NC(C)c2ccc(C)cc2O)cc1C. The normalized spacial score (nSPS) is 12.0. The van der Waals surface area contributed by atoms with E-state index in [1.807, 2.05) is 51.1 Å². The number of anilines is 1. The van der Waals surface area contributed by atoms with Gasteiger partial charge in [0.15, 0.2) is 0 Å². The molecule has 2 rings (SSSR count). The van der Waals surface area contributed by atoms with Gasteiger partial charge in [-0.1, -0.05) is 12.1 Å². The van der Waals surface area contributed by atoms with Gasteiger partial charge in [-0.2, -0.15) is 0 Å². The molecule has 0 saturated carbocycles. The third kappa shape index (κ3) is 3.05. The van der Waals surface area contributed by atoms with E-state index in [9.17, 15) is 5.11 Å². The van der Waals surface area contributed by atoms with Crippen LogP contribution in [0.5, 0.6) is 11.5 Å². The van der Waals surface area contributed by atoms with E-state index in [-0.39, 0.29) is 6.04 Å². The van der Waals surface area contributed by atoms with E-state index in [0.29, 0.717) is 5.75 Å². The number of nitrogens with one attached hydrogen (secondary N) is 1. The molecule has 0 radical (unpaired) electrons. The topological polar surface area (TPSA) is 41.5 Å². The molecule has 1 atom stereocenters. The Balaban J connectivity index is 2.18. The number of phenols is 1. The van der Waals surface area contributed by atoms with E-state index in [0.717, 1.165) is 28.1 Å². The molecule has 3 heteroatoms. The third-order valence-corrected chi connectivity index (χ3v) is 3.43. The predicted octanol–water partition coefficient (Wildman–Crippen LogP) is 4.19. The molecule has 0 aliphatic rings. The quantitative estimate of drug-likeness (QED) is 0.876. The lowest BCUT2D eigenvalue weighted by molar-refractivity contribution is 0.412. The zero-order valence-corrected chi connectivity index (χ0v) is 12.4. The molecular weight excluding hydrogens is 250 g/mol. The monoisotopic (exact) mass is 271 g/mol. The Morgan fingerprint density at radius 2 is 1.85 bits per heavy atom. The standard InChI is InChI=1S/C17H21NO2/c1-11-5-7-15(16(19)9-11)13(3)18-14-6-8-17(20-4)12(2)10-14/h5-10,13,18-19H,1-4H3. The molecule has 2 N–H and O–H groups in total. The average Bonchev–Trinajstić information content (AvgIpc) is 2.38. The summed E-state index contributed by atoms with van der Waals surface area (Å²) in [6, 6.07) is 11.7. The number of ether oxygens (including phenoxy) is 1. The number of methoxy groups -OCH3 is 1. The minimum Gasteiger partial charge on any atom is -0.508 e. The van der Waals surface area contributed by atoms with E-state index >= 15 is 0 Å². The van der Waals surface area contributed by atoms with Crippen LogP contribution in [0.1, 0.15) is 29.7 Å². The summed E-state index contributed by atoms with van der Waals surface area (Å²) in [6.07, 6.45) is 0. The Bertz CT molecular complexity index is 608. The molecule has 3 nitrogen and oxygen atoms in total. The van der Waals surface area contributed by atoms with Gasteiger partial charge in [-0.05, 0) is 56.2 Å². The smallest absolute Gasteiger partial charge is 0.121 e. The molecule has 0 saturated heterocycles. The zero-order valence-electron chi connectivity index (χ0n) is 12.4. The summed E-state index contributed by atoms with van der Waals surface area (Å²) < 4.78 is 5.25. The van der Waals surface area contributed by atoms with Crippen LogP contribution in [0, 0.1) is 13.8 Å². The highest BCUT2D eigenvalue weighted by atomic mass is 16.5. The second-order valence-corrected chi connectivity index (χ2v) is 5.11. The molecule has 0 bridgehead atoms. The Labute approximate surface area is 120 Å². The lowest BCUT2D eigenvalue weighted by Gasteiger charge is -2.18. The van der Waals surface area contributed by atoms with Crippen LogP contribution < -0.4 is 10.1 Å². The number of aryl methyl sites for hydroxylation is 2. The summed E-state index contributed by atoms with van der Waals surface area (Å²) in [6.45, 7) is 6.01. The van der Waals surface area contributed by atoms with Crippen LogP contribution in [0.4, 0.5) is 5.69 Å². The first-order valence-electron chi connectivity index (χ1n) is 6.72. The fraction of sp³-hybridized carbons (Fsp3) is 0.294. The van der Waals surface area contributed by atoms with Gasteiger partial charge < -0.3 is 15.2 Å². The van der Waals surface area contributed by atoms with Crippen LogP contribution in [0.15, 0.2) is 36.4 Å². The van der Waals surface area contributed by atoms with Gasteiger partial charge in [0.1, 0.15) is 11.5 Å². The molecular formula is C17H21NO2. The first kappa shape index (κ1) is 14.3. The van der Waals surface area contributed by atoms with Crippen molar-refractivity contribution in [1.82, 2.24) is 0 Å². The molecule has 0 fully saturated rings. The first-order valence-corrected chi connectivity index (χ1v) is 6.72. The molecule has 0 aromatic heterocycles. The van der Waals surface area contributed by atoms with Crippen molar-refractivity contribution in [3.8, 4) is 11.5 Å². The second-order valence-electron chi connectivity index (χ2n) is 5.11. The van der Waals surface area contributed by atoms with Crippen molar-refractivity contribution in [2.45, 2.75) is 26.8 Å². The van der Waals surface area contributed by atoms with Gasteiger partial charge in [-0.25, -0.2) is 0 Å². The van der Waals surface area contributed by atoms with Crippen LogP contribution in [0.2, 0.25) is 0 Å². The molecule has 0 aliphatic heterocycles. The predicted molar refractivity (Wildman–Crippen MR) is 82.6 cm³/mol. The maximum atomic E-state index is 10.0. The lowest BCUT2D eigenvalue weighted by atomic mass is 10.0. The van der Waals surface area contributed by atoms with Crippen molar-refractivity contribution in [3.05, 3.63) is 53.1 Å². The van der Waals surface area contributed by atoms with Crippen molar-refractivity contribution in [2.24, 2.45) is 0 Å². The highest BCUT2D eigenvalue weighted by Crippen LogP contribution is 2.29. The molecule has 0 spiro atoms. The van der Waals surface area contributed by atoms with E-state index in [1.54, 1.807) is 13.2 Å². The van der Waals surface area contributed by atoms with Crippen LogP contribution in [-0.4, -0.2) is 12.2 Å². The van der Waals surface area contributed by atoms with Gasteiger partial charge in [-0.3, -0.25) is 0 Å². The number of rotatable bonds is 4. The summed E-state index contributed by atoms with van der Waals surface area (Å²) in [7, 11) is 1.67. The summed E-state index contributed by atoms with van der Waals surface area (Å²) >= 11 is 0. The van der Waals surface area contributed by atoms with Crippen LogP contribution in [0.25, 0.3) is 0 Å².